The molecule has 15 heavy (non-hydrogen) atoms. The molecule has 3 heteroatoms. The molecule has 0 aromatic carbocycles. The average Bonchev–Trinajstić information content (AvgIpc) is 2.52. The highest BCUT2D eigenvalue weighted by Gasteiger charge is 2.29. The summed E-state index contributed by atoms with van der Waals surface area (Å²) in [6, 6.07) is 0.516. The molecular formula is C12H21N3. The standard InChI is InChI=1S/C12H21N3/c1-4-11-10(8-15(3)14-11)12(13-2)9-6-5-7-9/h8-9,12-13H,4-7H2,1-3H3. The maximum Gasteiger partial charge on any atom is 0.0669 e. The molecule has 1 heterocycles. The van der Waals surface area contributed by atoms with Crippen LogP contribution in [0.5, 0.6) is 0 Å². The number of rotatable bonds is 4. The van der Waals surface area contributed by atoms with E-state index in [4.69, 9.17) is 0 Å². The van der Waals surface area contributed by atoms with E-state index >= 15 is 0 Å². The van der Waals surface area contributed by atoms with Gasteiger partial charge in [-0.15, -0.1) is 0 Å². The van der Waals surface area contributed by atoms with Crippen LogP contribution in [0.2, 0.25) is 0 Å². The molecule has 0 bridgehead atoms. The minimum absolute atomic E-state index is 0.516. The van der Waals surface area contributed by atoms with E-state index in [1.807, 2.05) is 11.7 Å². The molecule has 1 aliphatic rings. The molecule has 1 aromatic heterocycles. The number of hydrogen-bond acceptors (Lipinski definition) is 2. The van der Waals surface area contributed by atoms with E-state index in [1.54, 1.807) is 0 Å². The van der Waals surface area contributed by atoms with Crippen molar-refractivity contribution in [1.82, 2.24) is 15.1 Å². The summed E-state index contributed by atoms with van der Waals surface area (Å²) in [5.74, 6) is 0.824. The third kappa shape index (κ3) is 1.93. The van der Waals surface area contributed by atoms with E-state index in [0.717, 1.165) is 12.3 Å². The molecule has 3 nitrogen and oxygen atoms in total. The Hall–Kier alpha value is -0.830. The van der Waals surface area contributed by atoms with Gasteiger partial charge in [-0.2, -0.15) is 5.10 Å². The number of aryl methyl sites for hydroxylation is 2. The molecule has 0 saturated heterocycles. The van der Waals surface area contributed by atoms with Gasteiger partial charge in [0.05, 0.1) is 5.69 Å². The van der Waals surface area contributed by atoms with Crippen LogP contribution >= 0.6 is 0 Å². The van der Waals surface area contributed by atoms with Crippen molar-refractivity contribution in [2.75, 3.05) is 7.05 Å². The summed E-state index contributed by atoms with van der Waals surface area (Å²) < 4.78 is 1.94. The lowest BCUT2D eigenvalue weighted by atomic mass is 9.77. The Morgan fingerprint density at radius 1 is 1.60 bits per heavy atom. The van der Waals surface area contributed by atoms with Crippen LogP contribution < -0.4 is 5.32 Å². The van der Waals surface area contributed by atoms with Crippen molar-refractivity contribution >= 4 is 0 Å². The van der Waals surface area contributed by atoms with Crippen molar-refractivity contribution < 1.29 is 0 Å². The van der Waals surface area contributed by atoms with Crippen LogP contribution in [0.4, 0.5) is 0 Å². The molecular weight excluding hydrogens is 186 g/mol. The monoisotopic (exact) mass is 207 g/mol. The summed E-state index contributed by atoms with van der Waals surface area (Å²) in [7, 11) is 4.07. The topological polar surface area (TPSA) is 29.9 Å². The van der Waals surface area contributed by atoms with Gasteiger partial charge in [0.1, 0.15) is 0 Å². The predicted octanol–water partition coefficient (Wildman–Crippen LogP) is 2.04. The fourth-order valence-corrected chi connectivity index (χ4v) is 2.51. The molecule has 1 aliphatic carbocycles. The van der Waals surface area contributed by atoms with Gasteiger partial charge in [-0.25, -0.2) is 0 Å². The van der Waals surface area contributed by atoms with Gasteiger partial charge in [-0.05, 0) is 32.2 Å². The van der Waals surface area contributed by atoms with Gasteiger partial charge in [0.2, 0.25) is 0 Å². The van der Waals surface area contributed by atoms with Crippen molar-refractivity contribution in [3.8, 4) is 0 Å². The zero-order chi connectivity index (χ0) is 10.8. The lowest BCUT2D eigenvalue weighted by Crippen LogP contribution is -2.30. The summed E-state index contributed by atoms with van der Waals surface area (Å²) in [4.78, 5) is 0. The second-order valence-corrected chi connectivity index (χ2v) is 4.52. The van der Waals surface area contributed by atoms with Crippen LogP contribution in [0, 0.1) is 5.92 Å². The minimum atomic E-state index is 0.516. The quantitative estimate of drug-likeness (QED) is 0.819. The summed E-state index contributed by atoms with van der Waals surface area (Å²) in [5.41, 5.74) is 2.66. The smallest absolute Gasteiger partial charge is 0.0669 e. The Balaban J connectivity index is 2.23. The predicted molar refractivity (Wildman–Crippen MR) is 61.7 cm³/mol. The van der Waals surface area contributed by atoms with Crippen LogP contribution in [-0.2, 0) is 13.5 Å². The van der Waals surface area contributed by atoms with Gasteiger partial charge < -0.3 is 5.32 Å². The van der Waals surface area contributed by atoms with Gasteiger partial charge in [0.15, 0.2) is 0 Å². The number of aromatic nitrogens is 2. The fraction of sp³-hybridized carbons (Fsp3) is 0.750. The normalized spacial score (nSPS) is 18.9. The van der Waals surface area contributed by atoms with E-state index in [1.165, 1.54) is 30.5 Å². The molecule has 0 radical (unpaired) electrons. The van der Waals surface area contributed by atoms with Crippen molar-refractivity contribution in [2.45, 2.75) is 38.6 Å². The maximum absolute atomic E-state index is 4.52. The third-order valence-corrected chi connectivity index (χ3v) is 3.54. The van der Waals surface area contributed by atoms with Crippen molar-refractivity contribution in [1.29, 1.82) is 0 Å². The molecule has 1 saturated carbocycles. The van der Waals surface area contributed by atoms with E-state index in [0.29, 0.717) is 6.04 Å². The second kappa shape index (κ2) is 4.35. The Morgan fingerprint density at radius 2 is 2.33 bits per heavy atom. The Labute approximate surface area is 91.9 Å². The molecule has 1 unspecified atom stereocenters. The summed E-state index contributed by atoms with van der Waals surface area (Å²) in [6.45, 7) is 2.18. The minimum Gasteiger partial charge on any atom is -0.313 e. The highest BCUT2D eigenvalue weighted by molar-refractivity contribution is 5.22. The Bertz CT molecular complexity index is 326. The number of nitrogens with zero attached hydrogens (tertiary/aromatic N) is 2. The molecule has 1 N–H and O–H groups in total. The first-order chi connectivity index (χ1) is 7.26. The summed E-state index contributed by atoms with van der Waals surface area (Å²) in [5, 5.41) is 7.97. The number of nitrogens with one attached hydrogen (secondary N) is 1. The largest absolute Gasteiger partial charge is 0.313 e. The third-order valence-electron chi connectivity index (χ3n) is 3.54. The van der Waals surface area contributed by atoms with Crippen LogP contribution in [0.3, 0.4) is 0 Å². The molecule has 1 atom stereocenters. The zero-order valence-corrected chi connectivity index (χ0v) is 9.95. The molecule has 2 rings (SSSR count). The van der Waals surface area contributed by atoms with E-state index < -0.39 is 0 Å². The summed E-state index contributed by atoms with van der Waals surface area (Å²) >= 11 is 0. The van der Waals surface area contributed by atoms with Crippen molar-refractivity contribution in [3.05, 3.63) is 17.5 Å². The summed E-state index contributed by atoms with van der Waals surface area (Å²) in [6.07, 6.45) is 7.33. The molecule has 0 amide bonds. The molecule has 1 aromatic rings. The van der Waals surface area contributed by atoms with Gasteiger partial charge in [-0.1, -0.05) is 13.3 Å². The lowest BCUT2D eigenvalue weighted by Gasteiger charge is -2.33. The van der Waals surface area contributed by atoms with Crippen LogP contribution in [0.25, 0.3) is 0 Å². The maximum atomic E-state index is 4.52. The lowest BCUT2D eigenvalue weighted by molar-refractivity contribution is 0.238. The molecule has 0 spiro atoms. The van der Waals surface area contributed by atoms with Gasteiger partial charge in [0, 0.05) is 24.8 Å². The second-order valence-electron chi connectivity index (χ2n) is 4.52. The van der Waals surface area contributed by atoms with Crippen molar-refractivity contribution in [2.24, 2.45) is 13.0 Å². The SMILES string of the molecule is CCc1nn(C)cc1C(NC)C1CCC1. The first kappa shape index (κ1) is 10.7. The molecule has 0 aliphatic heterocycles. The van der Waals surface area contributed by atoms with Crippen LogP contribution in [0.1, 0.15) is 43.5 Å². The highest BCUT2D eigenvalue weighted by atomic mass is 15.3. The Kier molecular flexibility index (Phi) is 3.10. The molecule has 84 valence electrons. The molecule has 1 fully saturated rings. The first-order valence-electron chi connectivity index (χ1n) is 5.96. The zero-order valence-electron chi connectivity index (χ0n) is 9.95. The van der Waals surface area contributed by atoms with E-state index in [-0.39, 0.29) is 0 Å². The Morgan fingerprint density at radius 3 is 2.80 bits per heavy atom. The van der Waals surface area contributed by atoms with Crippen molar-refractivity contribution in [3.63, 3.8) is 0 Å². The first-order valence-corrected chi connectivity index (χ1v) is 5.96. The van der Waals surface area contributed by atoms with Crippen LogP contribution in [0.15, 0.2) is 6.20 Å². The average molecular weight is 207 g/mol. The fourth-order valence-electron chi connectivity index (χ4n) is 2.51. The van der Waals surface area contributed by atoms with Gasteiger partial charge >= 0.3 is 0 Å². The van der Waals surface area contributed by atoms with Gasteiger partial charge in [0.25, 0.3) is 0 Å². The number of hydrogen-bond donors (Lipinski definition) is 1. The highest BCUT2D eigenvalue weighted by Crippen LogP contribution is 2.38. The van der Waals surface area contributed by atoms with E-state index in [2.05, 4.69) is 30.6 Å². The van der Waals surface area contributed by atoms with Crippen LogP contribution in [-0.4, -0.2) is 16.8 Å². The van der Waals surface area contributed by atoms with Gasteiger partial charge in [-0.3, -0.25) is 4.68 Å². The van der Waals surface area contributed by atoms with E-state index in [9.17, 15) is 0 Å².